The second kappa shape index (κ2) is 9.55. The second-order valence-corrected chi connectivity index (χ2v) is 6.40. The predicted molar refractivity (Wildman–Crippen MR) is 103 cm³/mol. The molecule has 0 heterocycles. The summed E-state index contributed by atoms with van der Waals surface area (Å²) >= 11 is 0. The molecule has 0 saturated carbocycles. The highest BCUT2D eigenvalue weighted by molar-refractivity contribution is 5.96. The molecule has 2 rings (SSSR count). The maximum absolute atomic E-state index is 12.7. The van der Waals surface area contributed by atoms with Crippen molar-refractivity contribution >= 4 is 11.8 Å². The lowest BCUT2D eigenvalue weighted by atomic mass is 9.86. The minimum absolute atomic E-state index is 0.0564. The molecule has 0 bridgehead atoms. The van der Waals surface area contributed by atoms with E-state index in [0.29, 0.717) is 24.0 Å². The number of hydrogen-bond donors (Lipinski definition) is 0. The minimum Gasteiger partial charge on any atom is -0.465 e. The molecule has 0 aromatic heterocycles. The third-order valence-electron chi connectivity index (χ3n) is 4.08. The van der Waals surface area contributed by atoms with Gasteiger partial charge in [-0.2, -0.15) is 0 Å². The van der Waals surface area contributed by atoms with Crippen LogP contribution in [-0.2, 0) is 9.53 Å². The van der Waals surface area contributed by atoms with E-state index in [-0.39, 0.29) is 11.7 Å². The zero-order valence-corrected chi connectivity index (χ0v) is 15.5. The first-order chi connectivity index (χ1) is 12.5. The van der Waals surface area contributed by atoms with Crippen LogP contribution in [0.1, 0.15) is 48.5 Å². The highest BCUT2D eigenvalue weighted by Crippen LogP contribution is 2.29. The van der Waals surface area contributed by atoms with Crippen molar-refractivity contribution in [3.63, 3.8) is 0 Å². The summed E-state index contributed by atoms with van der Waals surface area (Å²) in [4.78, 5) is 24.9. The second-order valence-electron chi connectivity index (χ2n) is 6.40. The lowest BCUT2D eigenvalue weighted by Gasteiger charge is -2.17. The van der Waals surface area contributed by atoms with Gasteiger partial charge in [-0.15, -0.1) is 5.73 Å². The summed E-state index contributed by atoms with van der Waals surface area (Å²) in [6.07, 6.45) is 0.722. The Hall–Kier alpha value is -2.90. The van der Waals surface area contributed by atoms with Gasteiger partial charge in [-0.05, 0) is 37.3 Å². The summed E-state index contributed by atoms with van der Waals surface area (Å²) in [7, 11) is 1.36. The van der Waals surface area contributed by atoms with Gasteiger partial charge in [0, 0.05) is 12.0 Å². The molecular formula is C23H24O3. The van der Waals surface area contributed by atoms with Gasteiger partial charge in [-0.3, -0.25) is 4.79 Å². The van der Waals surface area contributed by atoms with E-state index in [1.54, 1.807) is 0 Å². The SMILES string of the molecule is COC(=O)C(=C=C(C)C)CC(CC(=O)c1ccccc1)c1ccccc1. The number of ether oxygens (including phenoxy) is 1. The average molecular weight is 348 g/mol. The van der Waals surface area contributed by atoms with E-state index in [2.05, 4.69) is 5.73 Å². The molecule has 0 aliphatic heterocycles. The molecule has 0 amide bonds. The summed E-state index contributed by atoms with van der Waals surface area (Å²) in [5.74, 6) is -0.468. The number of methoxy groups -OCH3 is 1. The van der Waals surface area contributed by atoms with E-state index in [4.69, 9.17) is 4.74 Å². The first kappa shape index (κ1) is 19.4. The van der Waals surface area contributed by atoms with Gasteiger partial charge >= 0.3 is 5.97 Å². The molecule has 134 valence electrons. The zero-order valence-electron chi connectivity index (χ0n) is 15.5. The molecule has 2 aromatic rings. The van der Waals surface area contributed by atoms with Crippen molar-refractivity contribution in [3.05, 3.63) is 88.7 Å². The van der Waals surface area contributed by atoms with E-state index in [0.717, 1.165) is 11.1 Å². The number of hydrogen-bond acceptors (Lipinski definition) is 3. The van der Waals surface area contributed by atoms with Crippen LogP contribution in [0.15, 0.2) is 77.5 Å². The van der Waals surface area contributed by atoms with Gasteiger partial charge in [0.15, 0.2) is 5.78 Å². The molecule has 0 spiro atoms. The van der Waals surface area contributed by atoms with Crippen molar-refractivity contribution in [1.29, 1.82) is 0 Å². The topological polar surface area (TPSA) is 43.4 Å². The molecule has 3 heteroatoms. The summed E-state index contributed by atoms with van der Waals surface area (Å²) in [5, 5.41) is 0. The van der Waals surface area contributed by atoms with Crippen molar-refractivity contribution in [2.75, 3.05) is 7.11 Å². The van der Waals surface area contributed by atoms with E-state index < -0.39 is 5.97 Å². The van der Waals surface area contributed by atoms with Crippen molar-refractivity contribution in [3.8, 4) is 0 Å². The van der Waals surface area contributed by atoms with Crippen LogP contribution in [0.5, 0.6) is 0 Å². The molecule has 1 unspecified atom stereocenters. The first-order valence-electron chi connectivity index (χ1n) is 8.65. The Labute approximate surface area is 155 Å². The van der Waals surface area contributed by atoms with Crippen molar-refractivity contribution in [2.45, 2.75) is 32.6 Å². The monoisotopic (exact) mass is 348 g/mol. The molecule has 2 aromatic carbocycles. The molecule has 0 fully saturated rings. The summed E-state index contributed by atoms with van der Waals surface area (Å²) in [5.41, 5.74) is 6.15. The van der Waals surface area contributed by atoms with Gasteiger partial charge in [-0.1, -0.05) is 60.7 Å². The summed E-state index contributed by atoms with van der Waals surface area (Å²) < 4.78 is 4.90. The van der Waals surface area contributed by atoms with Gasteiger partial charge in [0.2, 0.25) is 0 Å². The van der Waals surface area contributed by atoms with Crippen LogP contribution in [0.2, 0.25) is 0 Å². The number of ketones is 1. The lowest BCUT2D eigenvalue weighted by molar-refractivity contribution is -0.136. The van der Waals surface area contributed by atoms with E-state index >= 15 is 0 Å². The molecule has 0 aliphatic carbocycles. The Bertz CT molecular complexity index is 809. The number of carbonyl (C=O) groups is 2. The van der Waals surface area contributed by atoms with Gasteiger partial charge in [0.05, 0.1) is 12.7 Å². The fourth-order valence-electron chi connectivity index (χ4n) is 2.86. The highest BCUT2D eigenvalue weighted by atomic mass is 16.5. The average Bonchev–Trinajstić information content (AvgIpc) is 2.67. The van der Waals surface area contributed by atoms with E-state index in [1.807, 2.05) is 74.5 Å². The van der Waals surface area contributed by atoms with Crippen molar-refractivity contribution < 1.29 is 14.3 Å². The Morgan fingerprint density at radius 3 is 2.04 bits per heavy atom. The zero-order chi connectivity index (χ0) is 18.9. The van der Waals surface area contributed by atoms with E-state index in [9.17, 15) is 9.59 Å². The van der Waals surface area contributed by atoms with Gasteiger partial charge in [0.1, 0.15) is 0 Å². The standard InChI is InChI=1S/C23H24O3/c1-17(2)14-21(23(25)26-3)15-20(18-10-6-4-7-11-18)16-22(24)19-12-8-5-9-13-19/h4-13,20H,15-16H2,1-3H3. The van der Waals surface area contributed by atoms with Crippen molar-refractivity contribution in [1.82, 2.24) is 0 Å². The Morgan fingerprint density at radius 2 is 1.50 bits per heavy atom. The Kier molecular flexibility index (Phi) is 7.13. The smallest absolute Gasteiger partial charge is 0.341 e. The Morgan fingerprint density at radius 1 is 0.923 bits per heavy atom. The molecule has 1 atom stereocenters. The van der Waals surface area contributed by atoms with Crippen LogP contribution < -0.4 is 0 Å². The quantitative estimate of drug-likeness (QED) is 0.303. The summed E-state index contributed by atoms with van der Waals surface area (Å²) in [6.45, 7) is 3.77. The maximum atomic E-state index is 12.7. The van der Waals surface area contributed by atoms with Gasteiger partial charge in [-0.25, -0.2) is 4.79 Å². The minimum atomic E-state index is -0.403. The van der Waals surface area contributed by atoms with Crippen LogP contribution in [0.3, 0.4) is 0 Å². The molecule has 26 heavy (non-hydrogen) atoms. The number of carbonyl (C=O) groups excluding carboxylic acids is 2. The first-order valence-corrected chi connectivity index (χ1v) is 8.65. The van der Waals surface area contributed by atoms with Gasteiger partial charge in [0.25, 0.3) is 0 Å². The number of rotatable bonds is 7. The maximum Gasteiger partial charge on any atom is 0.341 e. The highest BCUT2D eigenvalue weighted by Gasteiger charge is 2.22. The lowest BCUT2D eigenvalue weighted by Crippen LogP contribution is -2.13. The number of benzene rings is 2. The Balaban J connectivity index is 2.34. The summed E-state index contributed by atoms with van der Waals surface area (Å²) in [6, 6.07) is 19.0. The third-order valence-corrected chi connectivity index (χ3v) is 4.08. The normalized spacial score (nSPS) is 11.2. The molecule has 3 nitrogen and oxygen atoms in total. The van der Waals surface area contributed by atoms with Crippen LogP contribution in [0, 0.1) is 0 Å². The molecular weight excluding hydrogens is 324 g/mol. The van der Waals surface area contributed by atoms with Crippen LogP contribution in [-0.4, -0.2) is 18.9 Å². The predicted octanol–water partition coefficient (Wildman–Crippen LogP) is 5.10. The van der Waals surface area contributed by atoms with E-state index in [1.165, 1.54) is 7.11 Å². The van der Waals surface area contributed by atoms with Crippen LogP contribution in [0.4, 0.5) is 0 Å². The van der Waals surface area contributed by atoms with Crippen molar-refractivity contribution in [2.24, 2.45) is 0 Å². The van der Waals surface area contributed by atoms with Gasteiger partial charge < -0.3 is 4.74 Å². The molecule has 0 radical (unpaired) electrons. The largest absolute Gasteiger partial charge is 0.465 e. The fourth-order valence-corrected chi connectivity index (χ4v) is 2.86. The van der Waals surface area contributed by atoms with Crippen LogP contribution in [0.25, 0.3) is 0 Å². The molecule has 0 saturated heterocycles. The van der Waals surface area contributed by atoms with Crippen LogP contribution >= 0.6 is 0 Å². The molecule has 0 N–H and O–H groups in total. The number of Topliss-reactive ketones (excluding diaryl/α,β-unsaturated/α-hetero) is 1. The third kappa shape index (κ3) is 5.58. The molecule has 0 aliphatic rings. The number of esters is 1. The fraction of sp³-hybridized carbons (Fsp3) is 0.261.